The number of thiophene rings is 1. The molecule has 1 saturated heterocycles. The van der Waals surface area contributed by atoms with Crippen LogP contribution in [0.25, 0.3) is 6.08 Å². The summed E-state index contributed by atoms with van der Waals surface area (Å²) in [6.07, 6.45) is 1.59. The monoisotopic (exact) mass is 358 g/mol. The van der Waals surface area contributed by atoms with Gasteiger partial charge in [0.15, 0.2) is 5.11 Å². The molecule has 1 N–H and O–H groups in total. The fourth-order valence-electron chi connectivity index (χ4n) is 2.30. The first kappa shape index (κ1) is 16.4. The average Bonchev–Trinajstić information content (AvgIpc) is 2.97. The summed E-state index contributed by atoms with van der Waals surface area (Å²) in [4.78, 5) is 28.2. The maximum absolute atomic E-state index is 12.8. The van der Waals surface area contributed by atoms with Crippen LogP contribution < -0.4 is 15.0 Å². The number of nitrogens with zero attached hydrogens (tertiary/aromatic N) is 1. The summed E-state index contributed by atoms with van der Waals surface area (Å²) in [5.41, 5.74) is 0.625. The fraction of sp³-hybridized carbons (Fsp3) is 0.118. The van der Waals surface area contributed by atoms with Crippen LogP contribution in [0, 0.1) is 6.92 Å². The maximum atomic E-state index is 12.8. The van der Waals surface area contributed by atoms with Crippen molar-refractivity contribution in [1.82, 2.24) is 5.32 Å². The number of carbonyl (C=O) groups is 2. The molecule has 1 fully saturated rings. The molecule has 1 aromatic heterocycles. The second kappa shape index (κ2) is 6.54. The Morgan fingerprint density at radius 2 is 1.88 bits per heavy atom. The first-order valence-electron chi connectivity index (χ1n) is 7.11. The van der Waals surface area contributed by atoms with Gasteiger partial charge in [-0.1, -0.05) is 0 Å². The predicted octanol–water partition coefficient (Wildman–Crippen LogP) is 2.90. The van der Waals surface area contributed by atoms with E-state index in [1.165, 1.54) is 16.2 Å². The van der Waals surface area contributed by atoms with Crippen LogP contribution in [0.5, 0.6) is 5.75 Å². The molecule has 0 spiro atoms. The molecule has 0 unspecified atom stereocenters. The van der Waals surface area contributed by atoms with Crippen LogP contribution >= 0.6 is 23.6 Å². The number of anilines is 1. The van der Waals surface area contributed by atoms with E-state index in [2.05, 4.69) is 5.32 Å². The van der Waals surface area contributed by atoms with Gasteiger partial charge >= 0.3 is 0 Å². The van der Waals surface area contributed by atoms with Crippen molar-refractivity contribution < 1.29 is 14.3 Å². The highest BCUT2D eigenvalue weighted by Gasteiger charge is 2.34. The Bertz CT molecular complexity index is 853. The number of thiocarbonyl (C=S) groups is 1. The molecule has 1 aliphatic heterocycles. The molecule has 24 heavy (non-hydrogen) atoms. The lowest BCUT2D eigenvalue weighted by atomic mass is 10.1. The van der Waals surface area contributed by atoms with Gasteiger partial charge in [0.05, 0.1) is 12.8 Å². The van der Waals surface area contributed by atoms with Crippen molar-refractivity contribution in [2.75, 3.05) is 12.0 Å². The molecule has 0 aliphatic carbocycles. The molecule has 2 aromatic rings. The van der Waals surface area contributed by atoms with Crippen molar-refractivity contribution in [3.63, 3.8) is 0 Å². The molecule has 7 heteroatoms. The molecule has 2 amide bonds. The molecule has 1 aromatic carbocycles. The number of ether oxygens (including phenoxy) is 1. The molecule has 0 bridgehead atoms. The van der Waals surface area contributed by atoms with E-state index in [-0.39, 0.29) is 10.7 Å². The van der Waals surface area contributed by atoms with Crippen molar-refractivity contribution in [2.24, 2.45) is 0 Å². The Balaban J connectivity index is 1.97. The SMILES string of the molecule is COc1ccc(N2C(=O)/C(=C/c3ccc(C)s3)C(=O)NC2=S)cc1. The summed E-state index contributed by atoms with van der Waals surface area (Å²) in [7, 11) is 1.57. The third-order valence-corrected chi connectivity index (χ3v) is 4.71. The van der Waals surface area contributed by atoms with E-state index >= 15 is 0 Å². The minimum Gasteiger partial charge on any atom is -0.497 e. The number of amides is 2. The third kappa shape index (κ3) is 3.08. The lowest BCUT2D eigenvalue weighted by Gasteiger charge is -2.28. The molecular formula is C17H14N2O3S2. The van der Waals surface area contributed by atoms with Crippen molar-refractivity contribution in [3.8, 4) is 5.75 Å². The zero-order valence-corrected chi connectivity index (χ0v) is 14.7. The summed E-state index contributed by atoms with van der Waals surface area (Å²) < 4.78 is 5.11. The first-order valence-corrected chi connectivity index (χ1v) is 8.34. The molecule has 0 saturated carbocycles. The Hall–Kier alpha value is -2.51. The Kier molecular flexibility index (Phi) is 4.46. The number of hydrogen-bond donors (Lipinski definition) is 1. The van der Waals surface area contributed by atoms with Gasteiger partial charge in [0.1, 0.15) is 11.3 Å². The molecule has 3 rings (SSSR count). The number of methoxy groups -OCH3 is 1. The van der Waals surface area contributed by atoms with Gasteiger partial charge in [-0.2, -0.15) is 0 Å². The van der Waals surface area contributed by atoms with Crippen molar-refractivity contribution in [2.45, 2.75) is 6.92 Å². The predicted molar refractivity (Wildman–Crippen MR) is 98.3 cm³/mol. The Morgan fingerprint density at radius 3 is 2.46 bits per heavy atom. The normalized spacial score (nSPS) is 16.5. The number of carbonyl (C=O) groups excluding carboxylic acids is 2. The van der Waals surface area contributed by atoms with Crippen LogP contribution in [0.3, 0.4) is 0 Å². The minimum atomic E-state index is -0.485. The topological polar surface area (TPSA) is 58.6 Å². The summed E-state index contributed by atoms with van der Waals surface area (Å²) in [5, 5.41) is 2.63. The number of aryl methyl sites for hydroxylation is 1. The maximum Gasteiger partial charge on any atom is 0.270 e. The quantitative estimate of drug-likeness (QED) is 0.521. The molecular weight excluding hydrogens is 344 g/mol. The van der Waals surface area contributed by atoms with E-state index in [4.69, 9.17) is 17.0 Å². The minimum absolute atomic E-state index is 0.0567. The zero-order chi connectivity index (χ0) is 17.3. The van der Waals surface area contributed by atoms with Crippen LogP contribution in [0.1, 0.15) is 9.75 Å². The fourth-order valence-corrected chi connectivity index (χ4v) is 3.40. The van der Waals surface area contributed by atoms with Crippen LogP contribution in [-0.4, -0.2) is 24.0 Å². The van der Waals surface area contributed by atoms with Gasteiger partial charge in [-0.25, -0.2) is 0 Å². The average molecular weight is 358 g/mol. The summed E-state index contributed by atoms with van der Waals surface area (Å²) in [6, 6.07) is 10.7. The standard InChI is InChI=1S/C17H14N2O3S2/c1-10-3-8-13(24-10)9-14-15(20)18-17(23)19(16(14)21)11-4-6-12(22-2)7-5-11/h3-9H,1-2H3,(H,18,20,23)/b14-9+. The van der Waals surface area contributed by atoms with Gasteiger partial charge < -0.3 is 4.74 Å². The summed E-state index contributed by atoms with van der Waals surface area (Å²) >= 11 is 6.68. The van der Waals surface area contributed by atoms with E-state index in [9.17, 15) is 9.59 Å². The van der Waals surface area contributed by atoms with Crippen molar-refractivity contribution in [3.05, 3.63) is 51.7 Å². The largest absolute Gasteiger partial charge is 0.497 e. The highest BCUT2D eigenvalue weighted by molar-refractivity contribution is 7.80. The van der Waals surface area contributed by atoms with Crippen LogP contribution in [0.2, 0.25) is 0 Å². The van der Waals surface area contributed by atoms with Gasteiger partial charge in [0.2, 0.25) is 0 Å². The van der Waals surface area contributed by atoms with E-state index in [0.29, 0.717) is 11.4 Å². The van der Waals surface area contributed by atoms with Gasteiger partial charge in [0, 0.05) is 9.75 Å². The Labute approximate surface area is 148 Å². The number of nitrogens with one attached hydrogen (secondary N) is 1. The number of hydrogen-bond acceptors (Lipinski definition) is 5. The molecule has 2 heterocycles. The molecule has 5 nitrogen and oxygen atoms in total. The van der Waals surface area contributed by atoms with Crippen molar-refractivity contribution in [1.29, 1.82) is 0 Å². The first-order chi connectivity index (χ1) is 11.5. The van der Waals surface area contributed by atoms with Gasteiger partial charge in [0.25, 0.3) is 11.8 Å². The van der Waals surface area contributed by atoms with E-state index in [1.54, 1.807) is 37.5 Å². The van der Waals surface area contributed by atoms with E-state index in [1.807, 2.05) is 19.1 Å². The second-order valence-corrected chi connectivity index (χ2v) is 6.81. The van der Waals surface area contributed by atoms with Gasteiger partial charge in [-0.3, -0.25) is 19.8 Å². The third-order valence-electron chi connectivity index (χ3n) is 3.48. The Morgan fingerprint density at radius 1 is 1.17 bits per heavy atom. The van der Waals surface area contributed by atoms with Crippen LogP contribution in [-0.2, 0) is 9.59 Å². The van der Waals surface area contributed by atoms with Gasteiger partial charge in [-0.05, 0) is 61.6 Å². The second-order valence-electron chi connectivity index (χ2n) is 5.10. The van der Waals surface area contributed by atoms with Crippen molar-refractivity contribution >= 4 is 52.2 Å². The zero-order valence-electron chi connectivity index (χ0n) is 13.0. The van der Waals surface area contributed by atoms with Crippen LogP contribution in [0.15, 0.2) is 42.0 Å². The lowest BCUT2D eigenvalue weighted by molar-refractivity contribution is -0.122. The lowest BCUT2D eigenvalue weighted by Crippen LogP contribution is -2.54. The van der Waals surface area contributed by atoms with E-state index < -0.39 is 11.8 Å². The number of benzene rings is 1. The van der Waals surface area contributed by atoms with Crippen LogP contribution in [0.4, 0.5) is 5.69 Å². The molecule has 1 aliphatic rings. The number of rotatable bonds is 3. The highest BCUT2D eigenvalue weighted by atomic mass is 32.1. The summed E-state index contributed by atoms with van der Waals surface area (Å²) in [5.74, 6) is -0.260. The molecule has 0 radical (unpaired) electrons. The smallest absolute Gasteiger partial charge is 0.270 e. The van der Waals surface area contributed by atoms with E-state index in [0.717, 1.165) is 9.75 Å². The highest BCUT2D eigenvalue weighted by Crippen LogP contribution is 2.25. The molecule has 122 valence electrons. The molecule has 0 atom stereocenters. The summed E-state index contributed by atoms with van der Waals surface area (Å²) in [6.45, 7) is 1.97. The van der Waals surface area contributed by atoms with Gasteiger partial charge in [-0.15, -0.1) is 11.3 Å².